The molecular weight excluding hydrogens is 294 g/mol. The molecule has 0 saturated heterocycles. The lowest BCUT2D eigenvalue weighted by Crippen LogP contribution is -2.54. The number of nitrogens with zero attached hydrogens (tertiary/aromatic N) is 1. The van der Waals surface area contributed by atoms with Crippen LogP contribution >= 0.6 is 0 Å². The number of hydrogen-bond donors (Lipinski definition) is 1. The average molecular weight is 343 g/mol. The van der Waals surface area contributed by atoms with Gasteiger partial charge in [-0.2, -0.15) is 0 Å². The van der Waals surface area contributed by atoms with Crippen molar-refractivity contribution in [3.63, 3.8) is 0 Å². The van der Waals surface area contributed by atoms with Crippen LogP contribution in [0.15, 0.2) is 0 Å². The number of hydrogen-bond acceptors (Lipinski definition) is 1. The molecule has 2 nitrogen and oxygen atoms in total. The average Bonchev–Trinajstić information content (AvgIpc) is 2.58. The highest BCUT2D eigenvalue weighted by Crippen LogP contribution is 2.16. The fraction of sp³-hybridized carbons (Fsp3) is 1.00. The Morgan fingerprint density at radius 2 is 0.917 bits per heavy atom. The van der Waals surface area contributed by atoms with Gasteiger partial charge in [0.15, 0.2) is 6.23 Å². The van der Waals surface area contributed by atoms with Crippen molar-refractivity contribution in [3.05, 3.63) is 0 Å². The molecule has 0 aromatic rings. The van der Waals surface area contributed by atoms with Crippen molar-refractivity contribution >= 4 is 0 Å². The van der Waals surface area contributed by atoms with Crippen LogP contribution in [0.2, 0.25) is 0 Å². The maximum absolute atomic E-state index is 10.0. The predicted octanol–water partition coefficient (Wildman–Crippen LogP) is 6.66. The molecule has 1 unspecified atom stereocenters. The molecule has 0 heterocycles. The number of rotatable bonds is 18. The van der Waals surface area contributed by atoms with Gasteiger partial charge in [0.1, 0.15) is 0 Å². The highest BCUT2D eigenvalue weighted by Gasteiger charge is 2.27. The molecule has 0 radical (unpaired) electrons. The fourth-order valence-electron chi connectivity index (χ4n) is 3.88. The van der Waals surface area contributed by atoms with Gasteiger partial charge >= 0.3 is 0 Å². The van der Waals surface area contributed by atoms with Crippen LogP contribution in [0.5, 0.6) is 0 Å². The van der Waals surface area contributed by atoms with Gasteiger partial charge in [0, 0.05) is 6.92 Å². The Balaban J connectivity index is 3.36. The summed E-state index contributed by atoms with van der Waals surface area (Å²) in [6.07, 6.45) is 19.5. The Hall–Kier alpha value is -0.0800. The van der Waals surface area contributed by atoms with Gasteiger partial charge in [0.2, 0.25) is 0 Å². The van der Waals surface area contributed by atoms with Crippen LogP contribution in [0.25, 0.3) is 0 Å². The van der Waals surface area contributed by atoms with E-state index in [4.69, 9.17) is 0 Å². The molecule has 1 N–H and O–H groups in total. The SMILES string of the molecule is CCCCCCCCCCCCCCCC[N+](CC)(CC)C(C)O. The Morgan fingerprint density at radius 3 is 1.21 bits per heavy atom. The Labute approximate surface area is 153 Å². The third kappa shape index (κ3) is 11.5. The number of unbranched alkanes of at least 4 members (excludes halogenated alkanes) is 13. The third-order valence-electron chi connectivity index (χ3n) is 6.01. The lowest BCUT2D eigenvalue weighted by Gasteiger charge is -2.39. The fourth-order valence-corrected chi connectivity index (χ4v) is 3.88. The molecule has 0 spiro atoms. The highest BCUT2D eigenvalue weighted by atomic mass is 16.3. The van der Waals surface area contributed by atoms with Crippen LogP contribution in [0.1, 0.15) is 118 Å². The van der Waals surface area contributed by atoms with Crippen molar-refractivity contribution in [2.75, 3.05) is 19.6 Å². The molecule has 0 amide bonds. The van der Waals surface area contributed by atoms with E-state index in [1.54, 1.807) is 0 Å². The predicted molar refractivity (Wildman–Crippen MR) is 108 cm³/mol. The summed E-state index contributed by atoms with van der Waals surface area (Å²) in [6, 6.07) is 0. The largest absolute Gasteiger partial charge is 0.345 e. The molecule has 0 saturated carbocycles. The van der Waals surface area contributed by atoms with Gasteiger partial charge in [-0.1, -0.05) is 84.0 Å². The zero-order valence-corrected chi connectivity index (χ0v) is 17.5. The van der Waals surface area contributed by atoms with Crippen molar-refractivity contribution in [2.45, 2.75) is 124 Å². The maximum Gasteiger partial charge on any atom is 0.187 e. The van der Waals surface area contributed by atoms with Crippen LogP contribution in [0.4, 0.5) is 0 Å². The first kappa shape index (κ1) is 23.9. The number of aliphatic hydroxyl groups is 1. The molecule has 0 rings (SSSR count). The summed E-state index contributed by atoms with van der Waals surface area (Å²) < 4.78 is 0.873. The van der Waals surface area contributed by atoms with Crippen molar-refractivity contribution < 1.29 is 9.59 Å². The highest BCUT2D eigenvalue weighted by molar-refractivity contribution is 4.50. The molecule has 0 aromatic carbocycles. The normalized spacial score (nSPS) is 13.4. The quantitative estimate of drug-likeness (QED) is 0.168. The minimum Gasteiger partial charge on any atom is -0.345 e. The summed E-state index contributed by atoms with van der Waals surface area (Å²) in [4.78, 5) is 0. The minimum absolute atomic E-state index is 0.220. The Bertz CT molecular complexity index is 248. The first-order chi connectivity index (χ1) is 11.6. The first-order valence-corrected chi connectivity index (χ1v) is 11.2. The van der Waals surface area contributed by atoms with E-state index in [1.165, 1.54) is 89.9 Å². The van der Waals surface area contributed by atoms with E-state index in [2.05, 4.69) is 20.8 Å². The second kappa shape index (κ2) is 16.4. The van der Waals surface area contributed by atoms with Crippen LogP contribution in [0, 0.1) is 0 Å². The molecule has 0 bridgehead atoms. The molecule has 0 aliphatic heterocycles. The zero-order valence-electron chi connectivity index (χ0n) is 17.5. The van der Waals surface area contributed by atoms with Crippen molar-refractivity contribution in [2.24, 2.45) is 0 Å². The van der Waals surface area contributed by atoms with Gasteiger partial charge in [-0.3, -0.25) is 4.48 Å². The van der Waals surface area contributed by atoms with E-state index in [0.717, 1.165) is 24.1 Å². The summed E-state index contributed by atoms with van der Waals surface area (Å²) in [7, 11) is 0. The topological polar surface area (TPSA) is 20.2 Å². The lowest BCUT2D eigenvalue weighted by atomic mass is 10.0. The first-order valence-electron chi connectivity index (χ1n) is 11.2. The van der Waals surface area contributed by atoms with Crippen LogP contribution < -0.4 is 0 Å². The lowest BCUT2D eigenvalue weighted by molar-refractivity contribution is -0.966. The molecule has 2 heteroatoms. The molecule has 1 atom stereocenters. The van der Waals surface area contributed by atoms with Gasteiger partial charge in [0.05, 0.1) is 19.6 Å². The zero-order chi connectivity index (χ0) is 18.1. The van der Waals surface area contributed by atoms with Gasteiger partial charge in [-0.25, -0.2) is 0 Å². The van der Waals surface area contributed by atoms with E-state index in [9.17, 15) is 5.11 Å². The van der Waals surface area contributed by atoms with E-state index in [0.29, 0.717) is 0 Å². The molecule has 0 aromatic heterocycles. The third-order valence-corrected chi connectivity index (χ3v) is 6.01. The maximum atomic E-state index is 10.0. The smallest absolute Gasteiger partial charge is 0.187 e. The number of quaternary nitrogens is 1. The number of aliphatic hydroxyl groups excluding tert-OH is 1. The summed E-state index contributed by atoms with van der Waals surface area (Å²) in [6.45, 7) is 11.9. The standard InChI is InChI=1S/C22H48NO/c1-5-8-9-10-11-12-13-14-15-16-17-18-19-20-21-23(6-2,7-3)22(4)24/h22,24H,5-21H2,1-4H3/q+1. The molecule has 0 aliphatic rings. The van der Waals surface area contributed by atoms with E-state index in [-0.39, 0.29) is 6.23 Å². The molecule has 0 fully saturated rings. The van der Waals surface area contributed by atoms with Gasteiger partial charge < -0.3 is 5.11 Å². The van der Waals surface area contributed by atoms with Gasteiger partial charge in [-0.05, 0) is 26.7 Å². The van der Waals surface area contributed by atoms with Crippen LogP contribution in [-0.4, -0.2) is 35.5 Å². The Morgan fingerprint density at radius 1 is 0.583 bits per heavy atom. The minimum atomic E-state index is -0.220. The summed E-state index contributed by atoms with van der Waals surface area (Å²) in [5.41, 5.74) is 0. The molecule has 0 aliphatic carbocycles. The monoisotopic (exact) mass is 342 g/mol. The van der Waals surface area contributed by atoms with E-state index < -0.39 is 0 Å². The van der Waals surface area contributed by atoms with Gasteiger partial charge in [0.25, 0.3) is 0 Å². The molecule has 24 heavy (non-hydrogen) atoms. The van der Waals surface area contributed by atoms with Crippen molar-refractivity contribution in [3.8, 4) is 0 Å². The summed E-state index contributed by atoms with van der Waals surface area (Å²) in [5.74, 6) is 0. The molecular formula is C22H48NO+. The van der Waals surface area contributed by atoms with Crippen LogP contribution in [0.3, 0.4) is 0 Å². The molecule has 146 valence electrons. The second-order valence-electron chi connectivity index (χ2n) is 7.80. The summed E-state index contributed by atoms with van der Waals surface area (Å²) >= 11 is 0. The summed E-state index contributed by atoms with van der Waals surface area (Å²) in [5, 5.41) is 10.0. The van der Waals surface area contributed by atoms with E-state index in [1.807, 2.05) is 6.92 Å². The van der Waals surface area contributed by atoms with Crippen molar-refractivity contribution in [1.82, 2.24) is 0 Å². The van der Waals surface area contributed by atoms with Crippen molar-refractivity contribution in [1.29, 1.82) is 0 Å². The Kier molecular flexibility index (Phi) is 16.3. The van der Waals surface area contributed by atoms with E-state index >= 15 is 0 Å². The van der Waals surface area contributed by atoms with Crippen LogP contribution in [-0.2, 0) is 0 Å². The second-order valence-corrected chi connectivity index (χ2v) is 7.80. The van der Waals surface area contributed by atoms with Gasteiger partial charge in [-0.15, -0.1) is 0 Å².